The van der Waals surface area contributed by atoms with Crippen molar-refractivity contribution in [3.63, 3.8) is 0 Å². The minimum absolute atomic E-state index is 0.0497. The molecule has 0 N–H and O–H groups in total. The van der Waals surface area contributed by atoms with Gasteiger partial charge in [0.15, 0.2) is 0 Å². The largest absolute Gasteiger partial charge is 0.486 e. The van der Waals surface area contributed by atoms with Crippen LogP contribution in [0.15, 0.2) is 24.7 Å². The van der Waals surface area contributed by atoms with E-state index >= 15 is 0 Å². The van der Waals surface area contributed by atoms with Crippen LogP contribution >= 0.6 is 0 Å². The van der Waals surface area contributed by atoms with Gasteiger partial charge in [0.2, 0.25) is 0 Å². The Bertz CT molecular complexity index is 281. The molecule has 0 spiro atoms. The summed E-state index contributed by atoms with van der Waals surface area (Å²) in [4.78, 5) is 0. The van der Waals surface area contributed by atoms with Crippen molar-refractivity contribution in [2.24, 2.45) is 0 Å². The second-order valence-electron chi connectivity index (χ2n) is 5.30. The quantitative estimate of drug-likeness (QED) is 0.544. The van der Waals surface area contributed by atoms with Crippen LogP contribution in [0, 0.1) is 0 Å². The maximum absolute atomic E-state index is 5.84. The van der Waals surface area contributed by atoms with E-state index in [9.17, 15) is 0 Å². The number of ether oxygens (including phenoxy) is 1. The van der Waals surface area contributed by atoms with Gasteiger partial charge < -0.3 is 14.0 Å². The summed E-state index contributed by atoms with van der Waals surface area (Å²) < 4.78 is 16.9. The smallest absolute Gasteiger partial charge is 0.400 e. The molecule has 0 aromatic heterocycles. The van der Waals surface area contributed by atoms with Crippen LogP contribution < -0.4 is 0 Å². The number of methoxy groups -OCH3 is 1. The second kappa shape index (κ2) is 5.38. The third-order valence-electron chi connectivity index (χ3n) is 3.50. The molecule has 0 aromatic rings. The Morgan fingerprint density at radius 1 is 1.24 bits per heavy atom. The summed E-state index contributed by atoms with van der Waals surface area (Å²) in [6, 6.07) is 0. The molecule has 0 bridgehead atoms. The Morgan fingerprint density at radius 2 is 1.76 bits per heavy atom. The van der Waals surface area contributed by atoms with Crippen LogP contribution in [0.2, 0.25) is 0 Å². The summed E-state index contributed by atoms with van der Waals surface area (Å²) in [5.41, 5.74) is -0.553. The molecule has 1 rings (SSSR count). The summed E-state index contributed by atoms with van der Waals surface area (Å²) in [6.45, 7) is 11.9. The predicted octanol–water partition coefficient (Wildman–Crippen LogP) is 2.77. The molecule has 1 aliphatic rings. The van der Waals surface area contributed by atoms with Crippen molar-refractivity contribution in [3.05, 3.63) is 24.7 Å². The highest BCUT2D eigenvalue weighted by molar-refractivity contribution is 6.51. The zero-order valence-electron chi connectivity index (χ0n) is 11.5. The van der Waals surface area contributed by atoms with Crippen molar-refractivity contribution in [3.8, 4) is 0 Å². The lowest BCUT2D eigenvalue weighted by Crippen LogP contribution is -2.41. The Balaban J connectivity index is 2.50. The molecule has 1 heterocycles. The van der Waals surface area contributed by atoms with E-state index in [0.29, 0.717) is 0 Å². The summed E-state index contributed by atoms with van der Waals surface area (Å²) in [6.07, 6.45) is 4.63. The molecule has 1 unspecified atom stereocenters. The van der Waals surface area contributed by atoms with Gasteiger partial charge in [0.1, 0.15) is 0 Å². The van der Waals surface area contributed by atoms with Crippen molar-refractivity contribution in [2.75, 3.05) is 7.11 Å². The van der Waals surface area contributed by atoms with Crippen molar-refractivity contribution in [1.29, 1.82) is 0 Å². The molecule has 0 radical (unpaired) electrons. The van der Waals surface area contributed by atoms with E-state index in [1.165, 1.54) is 0 Å². The average molecular weight is 238 g/mol. The molecule has 1 fully saturated rings. The maximum Gasteiger partial charge on any atom is 0.486 e. The van der Waals surface area contributed by atoms with E-state index in [1.54, 1.807) is 13.2 Å². The fourth-order valence-electron chi connectivity index (χ4n) is 1.58. The molecule has 0 saturated carbocycles. The van der Waals surface area contributed by atoms with Crippen LogP contribution in [-0.2, 0) is 14.0 Å². The molecule has 17 heavy (non-hydrogen) atoms. The van der Waals surface area contributed by atoms with Gasteiger partial charge >= 0.3 is 7.12 Å². The molecule has 96 valence electrons. The molecule has 1 atom stereocenters. The predicted molar refractivity (Wildman–Crippen MR) is 70.8 cm³/mol. The molecular formula is C13H23BO3. The van der Waals surface area contributed by atoms with Crippen LogP contribution in [0.3, 0.4) is 0 Å². The first kappa shape index (κ1) is 14.5. The van der Waals surface area contributed by atoms with Crippen LogP contribution in [0.25, 0.3) is 0 Å². The van der Waals surface area contributed by atoms with E-state index in [0.717, 1.165) is 6.42 Å². The second-order valence-corrected chi connectivity index (χ2v) is 5.30. The maximum atomic E-state index is 5.84. The first-order valence-electron chi connectivity index (χ1n) is 6.00. The van der Waals surface area contributed by atoms with Gasteiger partial charge in [-0.05, 0) is 34.1 Å². The lowest BCUT2D eigenvalue weighted by atomic mass is 9.89. The first-order valence-corrected chi connectivity index (χ1v) is 6.00. The van der Waals surface area contributed by atoms with Crippen molar-refractivity contribution < 1.29 is 14.0 Å². The SMILES string of the molecule is C=CC(C/C=C/B1OC(C)(C)C(C)(C)O1)OC. The van der Waals surface area contributed by atoms with Gasteiger partial charge in [-0.15, -0.1) is 6.58 Å². The lowest BCUT2D eigenvalue weighted by Gasteiger charge is -2.32. The number of rotatable bonds is 5. The van der Waals surface area contributed by atoms with E-state index in [-0.39, 0.29) is 24.4 Å². The number of hydrogen-bond donors (Lipinski definition) is 0. The van der Waals surface area contributed by atoms with Gasteiger partial charge in [-0.2, -0.15) is 0 Å². The van der Waals surface area contributed by atoms with Gasteiger partial charge in [0.05, 0.1) is 17.3 Å². The summed E-state index contributed by atoms with van der Waals surface area (Å²) in [5.74, 6) is 1.94. The fourth-order valence-corrected chi connectivity index (χ4v) is 1.58. The van der Waals surface area contributed by atoms with Gasteiger partial charge in [-0.25, -0.2) is 0 Å². The molecule has 4 heteroatoms. The highest BCUT2D eigenvalue weighted by Crippen LogP contribution is 2.36. The van der Waals surface area contributed by atoms with Gasteiger partial charge in [0.25, 0.3) is 0 Å². The molecule has 1 saturated heterocycles. The highest BCUT2D eigenvalue weighted by atomic mass is 16.7. The molecule has 0 aliphatic carbocycles. The van der Waals surface area contributed by atoms with E-state index in [4.69, 9.17) is 14.0 Å². The summed E-state index contributed by atoms with van der Waals surface area (Å²) in [5, 5.41) is 0. The topological polar surface area (TPSA) is 27.7 Å². The van der Waals surface area contributed by atoms with Crippen LogP contribution in [-0.4, -0.2) is 31.5 Å². The van der Waals surface area contributed by atoms with E-state index in [2.05, 4.69) is 6.58 Å². The third kappa shape index (κ3) is 3.44. The average Bonchev–Trinajstić information content (AvgIpc) is 2.42. The third-order valence-corrected chi connectivity index (χ3v) is 3.50. The van der Waals surface area contributed by atoms with Gasteiger partial charge in [-0.3, -0.25) is 0 Å². The standard InChI is InChI=1S/C13H23BO3/c1-7-11(15-6)9-8-10-14-16-12(2,3)13(4,5)17-14/h7-8,10-11H,1,9H2,2-6H3/b10-8+. The molecule has 3 nitrogen and oxygen atoms in total. The minimum atomic E-state index is -0.277. The Kier molecular flexibility index (Phi) is 4.58. The van der Waals surface area contributed by atoms with Crippen LogP contribution in [0.5, 0.6) is 0 Å². The van der Waals surface area contributed by atoms with Gasteiger partial charge in [0, 0.05) is 7.11 Å². The molecule has 0 aromatic carbocycles. The van der Waals surface area contributed by atoms with Crippen LogP contribution in [0.4, 0.5) is 0 Å². The molecule has 0 amide bonds. The fraction of sp³-hybridized carbons (Fsp3) is 0.692. The highest BCUT2D eigenvalue weighted by Gasteiger charge is 2.49. The minimum Gasteiger partial charge on any atom is -0.400 e. The molecular weight excluding hydrogens is 215 g/mol. The van der Waals surface area contributed by atoms with Gasteiger partial charge in [-0.1, -0.05) is 18.1 Å². The number of hydrogen-bond acceptors (Lipinski definition) is 3. The Labute approximate surface area is 105 Å². The van der Waals surface area contributed by atoms with E-state index in [1.807, 2.05) is 39.7 Å². The van der Waals surface area contributed by atoms with Crippen molar-refractivity contribution >= 4 is 7.12 Å². The van der Waals surface area contributed by atoms with E-state index < -0.39 is 0 Å². The monoisotopic (exact) mass is 238 g/mol. The summed E-state index contributed by atoms with van der Waals surface area (Å²) >= 11 is 0. The lowest BCUT2D eigenvalue weighted by molar-refractivity contribution is 0.00578. The zero-order valence-corrected chi connectivity index (χ0v) is 11.5. The first-order chi connectivity index (χ1) is 7.82. The Morgan fingerprint density at radius 3 is 2.18 bits per heavy atom. The summed E-state index contributed by atoms with van der Waals surface area (Å²) in [7, 11) is 1.40. The Hall–Kier alpha value is -0.575. The normalized spacial score (nSPS) is 24.2. The molecule has 1 aliphatic heterocycles. The van der Waals surface area contributed by atoms with Crippen molar-refractivity contribution in [1.82, 2.24) is 0 Å². The van der Waals surface area contributed by atoms with Crippen LogP contribution in [0.1, 0.15) is 34.1 Å². The zero-order chi connectivity index (χ0) is 13.1. The van der Waals surface area contributed by atoms with Crippen molar-refractivity contribution in [2.45, 2.75) is 51.4 Å².